The number of nitrogens with zero attached hydrogens (tertiary/aromatic N) is 3. The van der Waals surface area contributed by atoms with Gasteiger partial charge in [-0.25, -0.2) is 9.98 Å². The van der Waals surface area contributed by atoms with Crippen LogP contribution in [0.4, 0.5) is 0 Å². The van der Waals surface area contributed by atoms with Crippen LogP contribution in [-0.4, -0.2) is 42.1 Å². The molecular formula is C14H21ClN4O. The van der Waals surface area contributed by atoms with Crippen molar-refractivity contribution in [3.8, 4) is 5.88 Å². The van der Waals surface area contributed by atoms with Crippen LogP contribution >= 0.6 is 11.6 Å². The van der Waals surface area contributed by atoms with Crippen molar-refractivity contribution in [3.05, 3.63) is 23.4 Å². The first-order valence-electron chi connectivity index (χ1n) is 6.95. The number of aliphatic imine (C=N–C) groups is 1. The van der Waals surface area contributed by atoms with Gasteiger partial charge in [-0.3, -0.25) is 0 Å². The third-order valence-corrected chi connectivity index (χ3v) is 3.72. The van der Waals surface area contributed by atoms with Crippen molar-refractivity contribution in [2.24, 2.45) is 16.6 Å². The molecule has 1 fully saturated rings. The average Bonchev–Trinajstić information content (AvgIpc) is 2.46. The van der Waals surface area contributed by atoms with Gasteiger partial charge in [0.2, 0.25) is 5.88 Å². The summed E-state index contributed by atoms with van der Waals surface area (Å²) >= 11 is 5.94. The summed E-state index contributed by atoms with van der Waals surface area (Å²) in [4.78, 5) is 10.5. The number of likely N-dealkylation sites (tertiary alicyclic amines) is 1. The molecule has 5 nitrogen and oxygen atoms in total. The lowest BCUT2D eigenvalue weighted by atomic mass is 10.00. The summed E-state index contributed by atoms with van der Waals surface area (Å²) in [6.45, 7) is 5.18. The third kappa shape index (κ3) is 4.27. The van der Waals surface area contributed by atoms with E-state index in [0.717, 1.165) is 19.0 Å². The second-order valence-electron chi connectivity index (χ2n) is 5.05. The van der Waals surface area contributed by atoms with Gasteiger partial charge < -0.3 is 15.4 Å². The number of pyridine rings is 1. The maximum Gasteiger partial charge on any atom is 0.232 e. The molecule has 0 unspecified atom stereocenters. The normalized spacial score (nSPS) is 17.3. The van der Waals surface area contributed by atoms with E-state index in [4.69, 9.17) is 22.1 Å². The SMILES string of the molecule is CC1CCN(C(N)=NCCOc2ncccc2Cl)CC1. The highest BCUT2D eigenvalue weighted by atomic mass is 35.5. The summed E-state index contributed by atoms with van der Waals surface area (Å²) < 4.78 is 5.47. The summed E-state index contributed by atoms with van der Waals surface area (Å²) in [7, 11) is 0. The lowest BCUT2D eigenvalue weighted by molar-refractivity contribution is 0.275. The molecule has 0 aromatic carbocycles. The van der Waals surface area contributed by atoms with E-state index in [2.05, 4.69) is 21.8 Å². The first-order chi connectivity index (χ1) is 9.66. The molecule has 0 aliphatic carbocycles. The monoisotopic (exact) mass is 296 g/mol. The number of ether oxygens (including phenoxy) is 1. The summed E-state index contributed by atoms with van der Waals surface area (Å²) in [6, 6.07) is 3.51. The van der Waals surface area contributed by atoms with Gasteiger partial charge in [0.25, 0.3) is 0 Å². The Labute approximate surface area is 124 Å². The number of halogens is 1. The molecule has 1 saturated heterocycles. The molecule has 1 aromatic heterocycles. The van der Waals surface area contributed by atoms with Gasteiger partial charge in [0.05, 0.1) is 6.54 Å². The van der Waals surface area contributed by atoms with Crippen molar-refractivity contribution in [1.82, 2.24) is 9.88 Å². The number of hydrogen-bond donors (Lipinski definition) is 1. The van der Waals surface area contributed by atoms with Gasteiger partial charge >= 0.3 is 0 Å². The van der Waals surface area contributed by atoms with Crippen molar-refractivity contribution in [2.45, 2.75) is 19.8 Å². The number of nitrogens with two attached hydrogens (primary N) is 1. The lowest BCUT2D eigenvalue weighted by Crippen LogP contribution is -2.42. The molecule has 110 valence electrons. The minimum absolute atomic E-state index is 0.418. The number of piperidine rings is 1. The van der Waals surface area contributed by atoms with Gasteiger partial charge in [-0.2, -0.15) is 0 Å². The zero-order valence-electron chi connectivity index (χ0n) is 11.8. The fourth-order valence-corrected chi connectivity index (χ4v) is 2.29. The molecule has 6 heteroatoms. The standard InChI is InChI=1S/C14H21ClN4O/c1-11-4-8-19(9-5-11)14(16)18-7-10-20-13-12(15)3-2-6-17-13/h2-3,6,11H,4-5,7-10H2,1H3,(H2,16,18). The first-order valence-corrected chi connectivity index (χ1v) is 7.33. The molecular weight excluding hydrogens is 276 g/mol. The van der Waals surface area contributed by atoms with E-state index in [9.17, 15) is 0 Å². The number of guanidine groups is 1. The van der Waals surface area contributed by atoms with Crippen molar-refractivity contribution in [3.63, 3.8) is 0 Å². The Morgan fingerprint density at radius 1 is 1.55 bits per heavy atom. The van der Waals surface area contributed by atoms with E-state index in [1.807, 2.05) is 0 Å². The molecule has 1 aliphatic rings. The molecule has 2 heterocycles. The van der Waals surface area contributed by atoms with Gasteiger partial charge in [-0.05, 0) is 30.9 Å². The Balaban J connectivity index is 1.74. The maximum atomic E-state index is 5.98. The average molecular weight is 297 g/mol. The highest BCUT2D eigenvalue weighted by Gasteiger charge is 2.16. The van der Waals surface area contributed by atoms with Crippen LogP contribution in [0.5, 0.6) is 5.88 Å². The minimum atomic E-state index is 0.418. The van der Waals surface area contributed by atoms with Crippen LogP contribution in [-0.2, 0) is 0 Å². The van der Waals surface area contributed by atoms with Gasteiger partial charge in [-0.1, -0.05) is 18.5 Å². The second-order valence-corrected chi connectivity index (χ2v) is 5.46. The minimum Gasteiger partial charge on any atom is -0.475 e. The quantitative estimate of drug-likeness (QED) is 0.525. The Hall–Kier alpha value is -1.49. The molecule has 0 radical (unpaired) electrons. The fourth-order valence-electron chi connectivity index (χ4n) is 2.12. The molecule has 0 amide bonds. The van der Waals surface area contributed by atoms with Crippen molar-refractivity contribution < 1.29 is 4.74 Å². The molecule has 2 rings (SSSR count). The Morgan fingerprint density at radius 3 is 3.00 bits per heavy atom. The molecule has 2 N–H and O–H groups in total. The molecule has 1 aliphatic heterocycles. The smallest absolute Gasteiger partial charge is 0.232 e. The van der Waals surface area contributed by atoms with Gasteiger partial charge in [0.1, 0.15) is 11.6 Å². The molecule has 0 bridgehead atoms. The van der Waals surface area contributed by atoms with E-state index in [1.165, 1.54) is 12.8 Å². The van der Waals surface area contributed by atoms with Crippen LogP contribution in [0.3, 0.4) is 0 Å². The van der Waals surface area contributed by atoms with E-state index >= 15 is 0 Å². The van der Waals surface area contributed by atoms with Gasteiger partial charge in [0, 0.05) is 19.3 Å². The predicted octanol–water partition coefficient (Wildman–Crippen LogP) is 2.16. The van der Waals surface area contributed by atoms with Crippen LogP contribution in [0.25, 0.3) is 0 Å². The highest BCUT2D eigenvalue weighted by molar-refractivity contribution is 6.31. The number of aromatic nitrogens is 1. The summed E-state index contributed by atoms with van der Waals surface area (Å²) in [5.74, 6) is 1.83. The Bertz CT molecular complexity index is 458. The second kappa shape index (κ2) is 7.33. The summed E-state index contributed by atoms with van der Waals surface area (Å²) in [6.07, 6.45) is 4.00. The Kier molecular flexibility index (Phi) is 5.47. The summed E-state index contributed by atoms with van der Waals surface area (Å²) in [5, 5.41) is 0.509. The maximum absolute atomic E-state index is 5.98. The van der Waals surface area contributed by atoms with Crippen LogP contribution in [0.15, 0.2) is 23.3 Å². The largest absolute Gasteiger partial charge is 0.475 e. The zero-order valence-corrected chi connectivity index (χ0v) is 12.5. The van der Waals surface area contributed by atoms with E-state index in [-0.39, 0.29) is 0 Å². The topological polar surface area (TPSA) is 63.7 Å². The van der Waals surface area contributed by atoms with Gasteiger partial charge in [0.15, 0.2) is 5.96 Å². The Morgan fingerprint density at radius 2 is 2.30 bits per heavy atom. The molecule has 0 atom stereocenters. The predicted molar refractivity (Wildman–Crippen MR) is 81.2 cm³/mol. The first kappa shape index (κ1) is 14.9. The lowest BCUT2D eigenvalue weighted by Gasteiger charge is -2.31. The van der Waals surface area contributed by atoms with E-state index in [1.54, 1.807) is 18.3 Å². The molecule has 0 saturated carbocycles. The van der Waals surface area contributed by atoms with Crippen LogP contribution in [0.2, 0.25) is 5.02 Å². The third-order valence-electron chi connectivity index (χ3n) is 3.44. The van der Waals surface area contributed by atoms with Crippen molar-refractivity contribution in [2.75, 3.05) is 26.2 Å². The number of hydrogen-bond acceptors (Lipinski definition) is 3. The van der Waals surface area contributed by atoms with Crippen molar-refractivity contribution >= 4 is 17.6 Å². The van der Waals surface area contributed by atoms with Crippen LogP contribution in [0, 0.1) is 5.92 Å². The zero-order chi connectivity index (χ0) is 14.4. The molecule has 20 heavy (non-hydrogen) atoms. The van der Waals surface area contributed by atoms with E-state index < -0.39 is 0 Å². The molecule has 0 spiro atoms. The van der Waals surface area contributed by atoms with Crippen molar-refractivity contribution in [1.29, 1.82) is 0 Å². The fraction of sp³-hybridized carbons (Fsp3) is 0.571. The highest BCUT2D eigenvalue weighted by Crippen LogP contribution is 2.19. The van der Waals surface area contributed by atoms with E-state index in [0.29, 0.717) is 30.0 Å². The van der Waals surface area contributed by atoms with Gasteiger partial charge in [-0.15, -0.1) is 0 Å². The molecule has 1 aromatic rings. The summed E-state index contributed by atoms with van der Waals surface area (Å²) in [5.41, 5.74) is 5.98. The number of rotatable bonds is 4. The van der Waals surface area contributed by atoms with Crippen LogP contribution in [0.1, 0.15) is 19.8 Å². The van der Waals surface area contributed by atoms with Crippen LogP contribution < -0.4 is 10.5 Å².